The summed E-state index contributed by atoms with van der Waals surface area (Å²) < 4.78 is 30.7. The van der Waals surface area contributed by atoms with Crippen molar-refractivity contribution in [2.75, 3.05) is 19.7 Å². The van der Waals surface area contributed by atoms with Crippen molar-refractivity contribution < 1.29 is 28.2 Å². The highest BCUT2D eigenvalue weighted by Gasteiger charge is 2.17. The number of sulfone groups is 1. The zero-order valence-corrected chi connectivity index (χ0v) is 20.4. The second-order valence-electron chi connectivity index (χ2n) is 7.33. The van der Waals surface area contributed by atoms with Gasteiger partial charge in [0.25, 0.3) is 0 Å². The van der Waals surface area contributed by atoms with Gasteiger partial charge in [0, 0.05) is 11.6 Å². The van der Waals surface area contributed by atoms with Gasteiger partial charge >= 0.3 is 5.97 Å². The minimum Gasteiger partial charge on any atom is -0.482 e. The molecule has 0 saturated carbocycles. The van der Waals surface area contributed by atoms with Gasteiger partial charge in [-0.15, -0.1) is 12.4 Å². The van der Waals surface area contributed by atoms with Gasteiger partial charge in [0.1, 0.15) is 5.75 Å². The number of ether oxygens (including phenoxy) is 1. The molecule has 10 heteroatoms. The topological polar surface area (TPSA) is 113 Å². The Hall–Kier alpha value is -2.62. The quantitative estimate of drug-likeness (QED) is 0.325. The van der Waals surface area contributed by atoms with Gasteiger partial charge < -0.3 is 20.3 Å². The summed E-state index contributed by atoms with van der Waals surface area (Å²) in [4.78, 5) is 10.8. The van der Waals surface area contributed by atoms with E-state index in [1.165, 1.54) is 24.3 Å². The second-order valence-corrected chi connectivity index (χ2v) is 9.71. The number of carbonyl (C=O) groups is 1. The molecule has 0 fully saturated rings. The van der Waals surface area contributed by atoms with Crippen molar-refractivity contribution in [3.63, 3.8) is 0 Å². The van der Waals surface area contributed by atoms with Gasteiger partial charge in [-0.2, -0.15) is 0 Å². The van der Waals surface area contributed by atoms with E-state index in [4.69, 9.17) is 21.4 Å². The van der Waals surface area contributed by atoms with Crippen LogP contribution in [0.3, 0.4) is 0 Å². The van der Waals surface area contributed by atoms with Crippen LogP contribution in [0, 0.1) is 0 Å². The molecule has 182 valence electrons. The van der Waals surface area contributed by atoms with Gasteiger partial charge in [0.2, 0.25) is 9.84 Å². The van der Waals surface area contributed by atoms with Crippen molar-refractivity contribution in [3.05, 3.63) is 88.9 Å². The van der Waals surface area contributed by atoms with Crippen molar-refractivity contribution >= 4 is 39.8 Å². The first-order chi connectivity index (χ1) is 15.8. The smallest absolute Gasteiger partial charge is 0.341 e. The van der Waals surface area contributed by atoms with Gasteiger partial charge in [0.05, 0.1) is 15.9 Å². The molecule has 7 nitrogen and oxygen atoms in total. The molecule has 0 unspecified atom stereocenters. The number of nitrogens with one attached hydrogen (secondary N) is 1. The van der Waals surface area contributed by atoms with Crippen LogP contribution in [0.2, 0.25) is 5.02 Å². The summed E-state index contributed by atoms with van der Waals surface area (Å²) in [6, 6.07) is 19.3. The third-order valence-corrected chi connectivity index (χ3v) is 6.91. The van der Waals surface area contributed by atoms with Crippen molar-refractivity contribution in [1.82, 2.24) is 5.32 Å². The number of aliphatic hydroxyl groups is 1. The molecule has 34 heavy (non-hydrogen) atoms. The summed E-state index contributed by atoms with van der Waals surface area (Å²) in [7, 11) is -3.71. The maximum Gasteiger partial charge on any atom is 0.341 e. The van der Waals surface area contributed by atoms with Crippen molar-refractivity contribution in [1.29, 1.82) is 0 Å². The molecular weight excluding hydrogens is 501 g/mol. The summed E-state index contributed by atoms with van der Waals surface area (Å²) in [5.41, 5.74) is 1.70. The predicted octanol–water partition coefficient (Wildman–Crippen LogP) is 3.92. The highest BCUT2D eigenvalue weighted by Crippen LogP contribution is 2.23. The Bertz CT molecular complexity index is 1180. The molecule has 1 atom stereocenters. The van der Waals surface area contributed by atoms with E-state index >= 15 is 0 Å². The molecule has 0 aliphatic carbocycles. The van der Waals surface area contributed by atoms with Crippen LogP contribution in [0.25, 0.3) is 0 Å². The van der Waals surface area contributed by atoms with Crippen molar-refractivity contribution in [3.8, 4) is 5.75 Å². The standard InChI is InChI=1S/C24H24ClNO6S.ClH/c25-19-3-1-2-18(14-19)23(27)15-26-13-12-17-4-8-21(9-5-17)33(30,31)22-10-6-20(7-11-22)32-16-24(28)29;/h1-11,14,23,26-27H,12-13,15-16H2,(H,28,29);1H/t23-;/m1./s1. The van der Waals surface area contributed by atoms with Crippen LogP contribution in [0.4, 0.5) is 0 Å². The van der Waals surface area contributed by atoms with Gasteiger partial charge in [-0.05, 0) is 72.6 Å². The minimum atomic E-state index is -3.71. The third-order valence-electron chi connectivity index (χ3n) is 4.89. The molecule has 0 heterocycles. The SMILES string of the molecule is Cl.O=C(O)COc1ccc(S(=O)(=O)c2ccc(CCNC[C@@H](O)c3cccc(Cl)c3)cc2)cc1. The summed E-state index contributed by atoms with van der Waals surface area (Å²) in [6.07, 6.45) is -0.00443. The number of benzene rings is 3. The van der Waals surface area contributed by atoms with Crippen LogP contribution in [-0.2, 0) is 21.1 Å². The van der Waals surface area contributed by atoms with Gasteiger partial charge in [0.15, 0.2) is 6.61 Å². The van der Waals surface area contributed by atoms with Crippen LogP contribution in [0.15, 0.2) is 82.6 Å². The molecule has 0 aromatic heterocycles. The molecule has 0 bridgehead atoms. The van der Waals surface area contributed by atoms with E-state index in [9.17, 15) is 18.3 Å². The van der Waals surface area contributed by atoms with E-state index in [2.05, 4.69) is 5.32 Å². The van der Waals surface area contributed by atoms with Crippen LogP contribution < -0.4 is 10.1 Å². The molecule has 3 aromatic carbocycles. The first kappa shape index (κ1) is 27.6. The van der Waals surface area contributed by atoms with E-state index in [0.717, 1.165) is 11.1 Å². The third kappa shape index (κ3) is 7.72. The predicted molar refractivity (Wildman–Crippen MR) is 132 cm³/mol. The summed E-state index contributed by atoms with van der Waals surface area (Å²) in [5.74, 6) is -0.834. The molecule has 0 aliphatic rings. The monoisotopic (exact) mass is 525 g/mol. The lowest BCUT2D eigenvalue weighted by atomic mass is 10.1. The molecule has 0 radical (unpaired) electrons. The summed E-state index contributed by atoms with van der Waals surface area (Å²) in [6.45, 7) is 0.489. The normalized spacial score (nSPS) is 11.9. The fourth-order valence-corrected chi connectivity index (χ4v) is 4.59. The first-order valence-corrected chi connectivity index (χ1v) is 12.0. The zero-order chi connectivity index (χ0) is 23.8. The van der Waals surface area contributed by atoms with E-state index < -0.39 is 28.5 Å². The van der Waals surface area contributed by atoms with Crippen molar-refractivity contribution in [2.45, 2.75) is 22.3 Å². The number of carboxylic acid groups (broad SMARTS) is 1. The lowest BCUT2D eigenvalue weighted by Crippen LogP contribution is -2.23. The van der Waals surface area contributed by atoms with Crippen LogP contribution in [0.1, 0.15) is 17.2 Å². The Morgan fingerprint density at radius 1 is 1.00 bits per heavy atom. The fraction of sp³-hybridized carbons (Fsp3) is 0.208. The molecule has 3 aromatic rings. The highest BCUT2D eigenvalue weighted by molar-refractivity contribution is 7.91. The van der Waals surface area contributed by atoms with Gasteiger partial charge in [-0.3, -0.25) is 0 Å². The largest absolute Gasteiger partial charge is 0.482 e. The van der Waals surface area contributed by atoms with Gasteiger partial charge in [-0.25, -0.2) is 13.2 Å². The highest BCUT2D eigenvalue weighted by atomic mass is 35.5. The van der Waals surface area contributed by atoms with E-state index in [-0.39, 0.29) is 27.9 Å². The second kappa shape index (κ2) is 12.7. The van der Waals surface area contributed by atoms with Crippen molar-refractivity contribution in [2.24, 2.45) is 0 Å². The first-order valence-electron chi connectivity index (χ1n) is 10.2. The number of hydrogen-bond acceptors (Lipinski definition) is 6. The Morgan fingerprint density at radius 3 is 2.21 bits per heavy atom. The number of rotatable bonds is 11. The molecule has 3 rings (SSSR count). The number of halogens is 2. The fourth-order valence-electron chi connectivity index (χ4n) is 3.13. The maximum absolute atomic E-state index is 12.8. The van der Waals surface area contributed by atoms with Crippen LogP contribution in [0.5, 0.6) is 5.75 Å². The minimum absolute atomic E-state index is 0. The van der Waals surface area contributed by atoms with E-state index in [1.807, 2.05) is 6.07 Å². The molecule has 0 aliphatic heterocycles. The van der Waals surface area contributed by atoms with Crippen LogP contribution >= 0.6 is 24.0 Å². The maximum atomic E-state index is 12.8. The Balaban J connectivity index is 0.00000408. The Kier molecular flexibility index (Phi) is 10.3. The summed E-state index contributed by atoms with van der Waals surface area (Å²) in [5, 5.41) is 22.6. The van der Waals surface area contributed by atoms with Crippen LogP contribution in [-0.4, -0.2) is 44.3 Å². The number of carboxylic acids is 1. The lowest BCUT2D eigenvalue weighted by molar-refractivity contribution is -0.139. The Morgan fingerprint density at radius 2 is 1.62 bits per heavy atom. The van der Waals surface area contributed by atoms with Gasteiger partial charge in [-0.1, -0.05) is 35.9 Å². The molecule has 0 spiro atoms. The van der Waals surface area contributed by atoms with E-state index in [0.29, 0.717) is 24.5 Å². The lowest BCUT2D eigenvalue weighted by Gasteiger charge is -2.13. The summed E-state index contributed by atoms with van der Waals surface area (Å²) >= 11 is 5.94. The molecular formula is C24H25Cl2NO6S. The molecule has 3 N–H and O–H groups in total. The molecule has 0 amide bonds. The average molecular weight is 526 g/mol. The zero-order valence-electron chi connectivity index (χ0n) is 18.1. The Labute approximate surface area is 209 Å². The number of hydrogen-bond donors (Lipinski definition) is 3. The number of aliphatic carboxylic acids is 1. The average Bonchev–Trinajstić information content (AvgIpc) is 2.81. The number of aliphatic hydroxyl groups excluding tert-OH is 1. The molecule has 0 saturated heterocycles. The van der Waals surface area contributed by atoms with E-state index in [1.54, 1.807) is 42.5 Å².